The molecule has 1 aliphatic carbocycles. The third kappa shape index (κ3) is 4.13. The summed E-state index contributed by atoms with van der Waals surface area (Å²) in [5, 5.41) is 21.8. The van der Waals surface area contributed by atoms with Crippen molar-refractivity contribution >= 4 is 34.1 Å². The smallest absolute Gasteiger partial charge is 0.236 e. The number of thioether (sulfide) groups is 1. The zero-order chi connectivity index (χ0) is 16.9. The van der Waals surface area contributed by atoms with Crippen molar-refractivity contribution in [2.24, 2.45) is 7.05 Å². The fourth-order valence-electron chi connectivity index (χ4n) is 2.86. The van der Waals surface area contributed by atoms with Crippen LogP contribution in [0.1, 0.15) is 55.8 Å². The van der Waals surface area contributed by atoms with Gasteiger partial charge in [0.2, 0.25) is 11.0 Å². The van der Waals surface area contributed by atoms with Crippen LogP contribution in [-0.4, -0.2) is 36.6 Å². The second-order valence-corrected chi connectivity index (χ2v) is 7.88. The Hall–Kier alpha value is -1.48. The van der Waals surface area contributed by atoms with Gasteiger partial charge in [-0.25, -0.2) is 0 Å². The van der Waals surface area contributed by atoms with Crippen LogP contribution in [0.15, 0.2) is 5.16 Å². The van der Waals surface area contributed by atoms with Crippen LogP contribution in [0.2, 0.25) is 0 Å². The van der Waals surface area contributed by atoms with E-state index in [4.69, 9.17) is 0 Å². The highest BCUT2D eigenvalue weighted by Crippen LogP contribution is 2.35. The minimum Gasteiger partial charge on any atom is -0.309 e. The number of rotatable bonds is 6. The molecule has 0 atom stereocenters. The van der Waals surface area contributed by atoms with Crippen molar-refractivity contribution in [3.05, 3.63) is 10.8 Å². The number of aryl methyl sites for hydroxylation is 1. The first kappa shape index (κ1) is 17.3. The normalized spacial score (nSPS) is 15.6. The summed E-state index contributed by atoms with van der Waals surface area (Å²) >= 11 is 2.88. The van der Waals surface area contributed by atoms with Crippen molar-refractivity contribution in [2.45, 2.75) is 56.5 Å². The number of hydrogen-bond acceptors (Lipinski definition) is 7. The van der Waals surface area contributed by atoms with Crippen LogP contribution in [0.3, 0.4) is 0 Å². The molecule has 1 fully saturated rings. The Morgan fingerprint density at radius 1 is 1.25 bits per heavy atom. The molecule has 24 heavy (non-hydrogen) atoms. The first-order valence-electron chi connectivity index (χ1n) is 8.31. The standard InChI is InChI=1S/C15H22N6OS2/c1-3-11-17-20-15(21(11)2)23-9-12(22)16-14-19-18-13(24-14)10-7-5-4-6-8-10/h10H,3-9H2,1-2H3,(H,16,19,22). The molecule has 1 N–H and O–H groups in total. The Bertz CT molecular complexity index is 692. The van der Waals surface area contributed by atoms with Gasteiger partial charge in [-0.3, -0.25) is 10.1 Å². The molecule has 0 unspecified atom stereocenters. The molecule has 0 spiro atoms. The lowest BCUT2D eigenvalue weighted by Crippen LogP contribution is -2.14. The van der Waals surface area contributed by atoms with Gasteiger partial charge in [0.05, 0.1) is 5.75 Å². The molecule has 2 aromatic rings. The van der Waals surface area contributed by atoms with Crippen molar-refractivity contribution < 1.29 is 4.79 Å². The van der Waals surface area contributed by atoms with Crippen molar-refractivity contribution in [3.8, 4) is 0 Å². The van der Waals surface area contributed by atoms with E-state index in [0.717, 1.165) is 22.4 Å². The third-order valence-electron chi connectivity index (χ3n) is 4.22. The van der Waals surface area contributed by atoms with E-state index in [2.05, 4.69) is 25.7 Å². The third-order valence-corrected chi connectivity index (χ3v) is 6.24. The van der Waals surface area contributed by atoms with Gasteiger partial charge in [-0.1, -0.05) is 49.3 Å². The van der Waals surface area contributed by atoms with Crippen LogP contribution in [0.25, 0.3) is 0 Å². The molecule has 1 saturated carbocycles. The number of hydrogen-bond donors (Lipinski definition) is 1. The van der Waals surface area contributed by atoms with E-state index in [-0.39, 0.29) is 11.7 Å². The molecule has 1 aliphatic rings. The highest BCUT2D eigenvalue weighted by Gasteiger charge is 2.20. The van der Waals surface area contributed by atoms with Gasteiger partial charge in [-0.15, -0.1) is 20.4 Å². The predicted molar refractivity (Wildman–Crippen MR) is 95.5 cm³/mol. The quantitative estimate of drug-likeness (QED) is 0.791. The lowest BCUT2D eigenvalue weighted by atomic mass is 9.90. The molecule has 2 aromatic heterocycles. The maximum Gasteiger partial charge on any atom is 0.236 e. The van der Waals surface area contributed by atoms with Gasteiger partial charge >= 0.3 is 0 Å². The molecule has 0 aromatic carbocycles. The van der Waals surface area contributed by atoms with Gasteiger partial charge in [0, 0.05) is 19.4 Å². The maximum atomic E-state index is 12.1. The van der Waals surface area contributed by atoms with Crippen molar-refractivity contribution in [1.29, 1.82) is 0 Å². The van der Waals surface area contributed by atoms with E-state index in [1.807, 2.05) is 18.5 Å². The van der Waals surface area contributed by atoms with Crippen LogP contribution >= 0.6 is 23.1 Å². The number of aromatic nitrogens is 5. The number of nitrogens with one attached hydrogen (secondary N) is 1. The van der Waals surface area contributed by atoms with Gasteiger partial charge in [-0.05, 0) is 12.8 Å². The van der Waals surface area contributed by atoms with E-state index in [1.54, 1.807) is 0 Å². The molecule has 0 aliphatic heterocycles. The summed E-state index contributed by atoms with van der Waals surface area (Å²) < 4.78 is 1.92. The van der Waals surface area contributed by atoms with E-state index >= 15 is 0 Å². The second kappa shape index (κ2) is 8.06. The van der Waals surface area contributed by atoms with Gasteiger partial charge in [0.1, 0.15) is 10.8 Å². The molecule has 130 valence electrons. The van der Waals surface area contributed by atoms with Gasteiger partial charge in [0.15, 0.2) is 5.16 Å². The molecule has 0 radical (unpaired) electrons. The zero-order valence-corrected chi connectivity index (χ0v) is 15.6. The van der Waals surface area contributed by atoms with E-state index in [9.17, 15) is 4.79 Å². The molecule has 2 heterocycles. The fourth-order valence-corrected chi connectivity index (χ4v) is 4.52. The fraction of sp³-hybridized carbons (Fsp3) is 0.667. The van der Waals surface area contributed by atoms with Gasteiger partial charge in [0.25, 0.3) is 0 Å². The van der Waals surface area contributed by atoms with Crippen LogP contribution < -0.4 is 5.32 Å². The molecular weight excluding hydrogens is 344 g/mol. The number of amides is 1. The first-order chi connectivity index (χ1) is 11.7. The van der Waals surface area contributed by atoms with Crippen molar-refractivity contribution in [3.63, 3.8) is 0 Å². The lowest BCUT2D eigenvalue weighted by Gasteiger charge is -2.18. The zero-order valence-electron chi connectivity index (χ0n) is 14.0. The predicted octanol–water partition coefficient (Wildman–Crippen LogP) is 3.01. The summed E-state index contributed by atoms with van der Waals surface area (Å²) in [6.07, 6.45) is 7.04. The van der Waals surface area contributed by atoms with Crippen LogP contribution in [0.5, 0.6) is 0 Å². The van der Waals surface area contributed by atoms with Gasteiger partial charge < -0.3 is 4.57 Å². The van der Waals surface area contributed by atoms with Gasteiger partial charge in [-0.2, -0.15) is 0 Å². The average Bonchev–Trinajstić information content (AvgIpc) is 3.20. The first-order valence-corrected chi connectivity index (χ1v) is 10.1. The Balaban J connectivity index is 1.51. The molecule has 0 bridgehead atoms. The molecule has 3 rings (SSSR count). The molecule has 7 nitrogen and oxygen atoms in total. The Morgan fingerprint density at radius 2 is 2.04 bits per heavy atom. The average molecular weight is 367 g/mol. The number of anilines is 1. The minimum absolute atomic E-state index is 0.0904. The van der Waals surface area contributed by atoms with Crippen LogP contribution in [0.4, 0.5) is 5.13 Å². The highest BCUT2D eigenvalue weighted by molar-refractivity contribution is 7.99. The number of carbonyl (C=O) groups excluding carboxylic acids is 1. The van der Waals surface area contributed by atoms with Crippen LogP contribution in [-0.2, 0) is 18.3 Å². The Morgan fingerprint density at radius 3 is 2.75 bits per heavy atom. The van der Waals surface area contributed by atoms with Crippen molar-refractivity contribution in [1.82, 2.24) is 25.0 Å². The summed E-state index contributed by atoms with van der Waals surface area (Å²) in [5.41, 5.74) is 0. The largest absolute Gasteiger partial charge is 0.309 e. The second-order valence-electron chi connectivity index (χ2n) is 5.93. The van der Waals surface area contributed by atoms with Crippen LogP contribution in [0, 0.1) is 0 Å². The topological polar surface area (TPSA) is 85.6 Å². The van der Waals surface area contributed by atoms with Crippen molar-refractivity contribution in [2.75, 3.05) is 11.1 Å². The Kier molecular flexibility index (Phi) is 5.83. The summed E-state index contributed by atoms with van der Waals surface area (Å²) in [6.45, 7) is 2.03. The summed E-state index contributed by atoms with van der Waals surface area (Å²) in [5.74, 6) is 1.63. The minimum atomic E-state index is -0.0904. The summed E-state index contributed by atoms with van der Waals surface area (Å²) in [4.78, 5) is 12.1. The Labute approximate surface area is 149 Å². The molecule has 1 amide bonds. The van der Waals surface area contributed by atoms with E-state index < -0.39 is 0 Å². The molecule has 0 saturated heterocycles. The van der Waals surface area contributed by atoms with E-state index in [0.29, 0.717) is 11.0 Å². The highest BCUT2D eigenvalue weighted by atomic mass is 32.2. The maximum absolute atomic E-state index is 12.1. The molecule has 9 heteroatoms. The lowest BCUT2D eigenvalue weighted by molar-refractivity contribution is -0.113. The number of carbonyl (C=O) groups is 1. The SMILES string of the molecule is CCc1nnc(SCC(=O)Nc2nnc(C3CCCCC3)s2)n1C. The summed E-state index contributed by atoms with van der Waals surface area (Å²) in [7, 11) is 1.92. The monoisotopic (exact) mass is 366 g/mol. The summed E-state index contributed by atoms with van der Waals surface area (Å²) in [6, 6.07) is 0. The number of nitrogens with zero attached hydrogens (tertiary/aromatic N) is 5. The van der Waals surface area contributed by atoms with E-state index in [1.165, 1.54) is 55.2 Å². The molecular formula is C15H22N6OS2.